The molecule has 1 saturated heterocycles. The largest absolute Gasteiger partial charge is 0.351 e. The van der Waals surface area contributed by atoms with Crippen molar-refractivity contribution >= 4 is 5.82 Å². The molecule has 5 nitrogen and oxygen atoms in total. The topological polar surface area (TPSA) is 53.9 Å². The summed E-state index contributed by atoms with van der Waals surface area (Å²) in [5.41, 5.74) is 2.36. The van der Waals surface area contributed by atoms with Crippen LogP contribution in [-0.4, -0.2) is 34.3 Å². The normalized spacial score (nSPS) is 18.1. The Hall–Kier alpha value is -2.01. The first-order valence-electron chi connectivity index (χ1n) is 7.50. The van der Waals surface area contributed by atoms with Gasteiger partial charge in [-0.15, -0.1) is 5.10 Å². The zero-order chi connectivity index (χ0) is 14.5. The quantitative estimate of drug-likeness (QED) is 0.909. The Bertz CT molecular complexity index is 572. The minimum atomic E-state index is 0.499. The van der Waals surface area contributed by atoms with E-state index in [4.69, 9.17) is 0 Å². The first kappa shape index (κ1) is 13.9. The van der Waals surface area contributed by atoms with Crippen molar-refractivity contribution in [3.8, 4) is 0 Å². The Balaban J connectivity index is 1.56. The summed E-state index contributed by atoms with van der Waals surface area (Å²) >= 11 is 0. The van der Waals surface area contributed by atoms with E-state index in [1.165, 1.54) is 18.4 Å². The van der Waals surface area contributed by atoms with E-state index in [-0.39, 0.29) is 0 Å². The summed E-state index contributed by atoms with van der Waals surface area (Å²) in [4.78, 5) is 6.68. The Morgan fingerprint density at radius 2 is 2.19 bits per heavy atom. The van der Waals surface area contributed by atoms with Gasteiger partial charge in [-0.3, -0.25) is 4.98 Å². The molecule has 2 aromatic rings. The van der Waals surface area contributed by atoms with Gasteiger partial charge in [-0.2, -0.15) is 5.10 Å². The molecule has 2 aromatic heterocycles. The van der Waals surface area contributed by atoms with Crippen LogP contribution in [0.25, 0.3) is 0 Å². The zero-order valence-corrected chi connectivity index (χ0v) is 12.4. The summed E-state index contributed by atoms with van der Waals surface area (Å²) in [5, 5.41) is 11.8. The van der Waals surface area contributed by atoms with Crippen molar-refractivity contribution in [1.82, 2.24) is 20.5 Å². The molecule has 0 bridgehead atoms. The fourth-order valence-corrected chi connectivity index (χ4v) is 2.87. The van der Waals surface area contributed by atoms with Crippen LogP contribution in [0.2, 0.25) is 0 Å². The second kappa shape index (κ2) is 6.63. The average Bonchev–Trinajstić information content (AvgIpc) is 2.99. The van der Waals surface area contributed by atoms with Crippen LogP contribution in [0.4, 0.5) is 5.82 Å². The molecular weight excluding hydrogens is 262 g/mol. The smallest absolute Gasteiger partial charge is 0.151 e. The molecule has 0 unspecified atom stereocenters. The minimum absolute atomic E-state index is 0.499. The van der Waals surface area contributed by atoms with Crippen molar-refractivity contribution in [2.75, 3.05) is 18.0 Å². The van der Waals surface area contributed by atoms with E-state index in [2.05, 4.69) is 38.4 Å². The van der Waals surface area contributed by atoms with E-state index in [1.807, 2.05) is 24.4 Å². The van der Waals surface area contributed by atoms with Gasteiger partial charge in [0.15, 0.2) is 5.82 Å². The third-order valence-corrected chi connectivity index (χ3v) is 4.04. The average molecular weight is 283 g/mol. The van der Waals surface area contributed by atoms with Gasteiger partial charge >= 0.3 is 0 Å². The molecule has 3 heterocycles. The van der Waals surface area contributed by atoms with Crippen LogP contribution in [0, 0.1) is 6.92 Å². The molecule has 110 valence electrons. The minimum Gasteiger partial charge on any atom is -0.351 e. The van der Waals surface area contributed by atoms with E-state index >= 15 is 0 Å². The number of anilines is 1. The predicted molar refractivity (Wildman–Crippen MR) is 83.1 cm³/mol. The van der Waals surface area contributed by atoms with Crippen LogP contribution in [0.1, 0.15) is 24.1 Å². The molecule has 21 heavy (non-hydrogen) atoms. The highest BCUT2D eigenvalue weighted by Crippen LogP contribution is 2.22. The number of hydrogen-bond donors (Lipinski definition) is 1. The SMILES string of the molecule is Cc1ncccc1CNC[C@H]1CCCN1c1cccnn1. The van der Waals surface area contributed by atoms with Crippen LogP contribution >= 0.6 is 0 Å². The van der Waals surface area contributed by atoms with Crippen LogP contribution in [0.3, 0.4) is 0 Å². The molecule has 0 saturated carbocycles. The summed E-state index contributed by atoms with van der Waals surface area (Å²) in [7, 11) is 0. The number of aryl methyl sites for hydroxylation is 1. The van der Waals surface area contributed by atoms with Gasteiger partial charge < -0.3 is 10.2 Å². The second-order valence-corrected chi connectivity index (χ2v) is 5.45. The van der Waals surface area contributed by atoms with Crippen molar-refractivity contribution in [3.63, 3.8) is 0 Å². The van der Waals surface area contributed by atoms with Crippen molar-refractivity contribution in [2.45, 2.75) is 32.4 Å². The van der Waals surface area contributed by atoms with Gasteiger partial charge in [-0.05, 0) is 43.5 Å². The molecule has 0 aromatic carbocycles. The highest BCUT2D eigenvalue weighted by atomic mass is 15.3. The number of pyridine rings is 1. The Kier molecular flexibility index (Phi) is 4.40. The maximum atomic E-state index is 4.32. The summed E-state index contributed by atoms with van der Waals surface area (Å²) in [6.07, 6.45) is 5.98. The Morgan fingerprint density at radius 3 is 3.00 bits per heavy atom. The number of nitrogens with zero attached hydrogens (tertiary/aromatic N) is 4. The lowest BCUT2D eigenvalue weighted by Gasteiger charge is -2.25. The molecule has 1 atom stereocenters. The number of aromatic nitrogens is 3. The summed E-state index contributed by atoms with van der Waals surface area (Å²) < 4.78 is 0. The van der Waals surface area contributed by atoms with E-state index in [0.29, 0.717) is 6.04 Å². The van der Waals surface area contributed by atoms with E-state index in [9.17, 15) is 0 Å². The predicted octanol–water partition coefficient (Wildman–Crippen LogP) is 1.94. The molecule has 1 aliphatic heterocycles. The number of nitrogens with one attached hydrogen (secondary N) is 1. The van der Waals surface area contributed by atoms with Crippen molar-refractivity contribution in [3.05, 3.63) is 47.9 Å². The van der Waals surface area contributed by atoms with Gasteiger partial charge in [-0.25, -0.2) is 0 Å². The van der Waals surface area contributed by atoms with E-state index in [0.717, 1.165) is 31.1 Å². The molecule has 1 aliphatic rings. The standard InChI is InChI=1S/C16H21N5/c1-13-14(5-2-8-18-13)11-17-12-15-6-4-10-21(15)16-7-3-9-19-20-16/h2-3,5,7-9,15,17H,4,6,10-12H2,1H3/t15-/m1/s1. The molecule has 5 heteroatoms. The lowest BCUT2D eigenvalue weighted by atomic mass is 10.2. The molecule has 0 radical (unpaired) electrons. The molecule has 1 fully saturated rings. The molecule has 1 N–H and O–H groups in total. The van der Waals surface area contributed by atoms with Crippen molar-refractivity contribution in [1.29, 1.82) is 0 Å². The van der Waals surface area contributed by atoms with Crippen molar-refractivity contribution in [2.24, 2.45) is 0 Å². The van der Waals surface area contributed by atoms with Crippen LogP contribution in [-0.2, 0) is 6.54 Å². The Morgan fingerprint density at radius 1 is 1.29 bits per heavy atom. The van der Waals surface area contributed by atoms with Crippen LogP contribution in [0.15, 0.2) is 36.7 Å². The van der Waals surface area contributed by atoms with E-state index < -0.39 is 0 Å². The highest BCUT2D eigenvalue weighted by molar-refractivity contribution is 5.39. The van der Waals surface area contributed by atoms with E-state index in [1.54, 1.807) is 6.20 Å². The van der Waals surface area contributed by atoms with Gasteiger partial charge in [0, 0.05) is 43.8 Å². The molecule has 0 amide bonds. The van der Waals surface area contributed by atoms with Gasteiger partial charge in [-0.1, -0.05) is 6.07 Å². The summed E-state index contributed by atoms with van der Waals surface area (Å²) in [6.45, 7) is 4.95. The van der Waals surface area contributed by atoms with Gasteiger partial charge in [0.25, 0.3) is 0 Å². The van der Waals surface area contributed by atoms with Crippen LogP contribution in [0.5, 0.6) is 0 Å². The first-order valence-corrected chi connectivity index (χ1v) is 7.50. The first-order chi connectivity index (χ1) is 10.3. The van der Waals surface area contributed by atoms with Gasteiger partial charge in [0.1, 0.15) is 0 Å². The molecule has 0 spiro atoms. The fourth-order valence-electron chi connectivity index (χ4n) is 2.87. The molecule has 3 rings (SSSR count). The third-order valence-electron chi connectivity index (χ3n) is 4.04. The fraction of sp³-hybridized carbons (Fsp3) is 0.438. The third kappa shape index (κ3) is 3.36. The number of rotatable bonds is 5. The summed E-state index contributed by atoms with van der Waals surface area (Å²) in [5.74, 6) is 0.986. The molecular formula is C16H21N5. The highest BCUT2D eigenvalue weighted by Gasteiger charge is 2.25. The lowest BCUT2D eigenvalue weighted by molar-refractivity contribution is 0.568. The second-order valence-electron chi connectivity index (χ2n) is 5.45. The molecule has 0 aliphatic carbocycles. The zero-order valence-electron chi connectivity index (χ0n) is 12.4. The monoisotopic (exact) mass is 283 g/mol. The van der Waals surface area contributed by atoms with Crippen LogP contribution < -0.4 is 10.2 Å². The lowest BCUT2D eigenvalue weighted by Crippen LogP contribution is -2.38. The van der Waals surface area contributed by atoms with Crippen molar-refractivity contribution < 1.29 is 0 Å². The maximum Gasteiger partial charge on any atom is 0.151 e. The Labute approximate surface area is 125 Å². The van der Waals surface area contributed by atoms with Gasteiger partial charge in [0.2, 0.25) is 0 Å². The van der Waals surface area contributed by atoms with Gasteiger partial charge in [0.05, 0.1) is 0 Å². The maximum absolute atomic E-state index is 4.32. The summed E-state index contributed by atoms with van der Waals surface area (Å²) in [6, 6.07) is 8.61. The number of hydrogen-bond acceptors (Lipinski definition) is 5.